The van der Waals surface area contributed by atoms with Crippen LogP contribution in [0.4, 0.5) is 5.69 Å². The van der Waals surface area contributed by atoms with Crippen LogP contribution in [0.1, 0.15) is 12.5 Å². The number of carbonyl (C=O) groups is 2. The molecule has 6 heteroatoms. The second kappa shape index (κ2) is 7.77. The van der Waals surface area contributed by atoms with E-state index < -0.39 is 11.8 Å². The number of ether oxygens (including phenoxy) is 1. The first kappa shape index (κ1) is 18.4. The minimum atomic E-state index is -0.567. The summed E-state index contributed by atoms with van der Waals surface area (Å²) in [6, 6.07) is 9.59. The van der Waals surface area contributed by atoms with E-state index in [1.54, 1.807) is 13.0 Å². The second-order valence-electron chi connectivity index (χ2n) is 5.91. The first-order chi connectivity index (χ1) is 11.9. The molecular weight excluding hydrogens is 318 g/mol. The molecule has 0 N–H and O–H groups in total. The molecule has 1 aliphatic rings. The Kier molecular flexibility index (Phi) is 5.73. The Morgan fingerprint density at radius 1 is 1.20 bits per heavy atom. The fourth-order valence-electron chi connectivity index (χ4n) is 2.55. The molecule has 0 saturated carbocycles. The molecule has 0 aromatic heterocycles. The quantitative estimate of drug-likeness (QED) is 0.606. The molecule has 0 unspecified atom stereocenters. The number of imide groups is 1. The zero-order chi connectivity index (χ0) is 18.6. The third-order valence-corrected chi connectivity index (χ3v) is 4.06. The van der Waals surface area contributed by atoms with Crippen LogP contribution in [0, 0.1) is 11.3 Å². The van der Waals surface area contributed by atoms with Crippen LogP contribution in [0.2, 0.25) is 0 Å². The monoisotopic (exact) mass is 339 g/mol. The van der Waals surface area contributed by atoms with E-state index in [0.717, 1.165) is 16.2 Å². The van der Waals surface area contributed by atoms with Crippen molar-refractivity contribution in [3.63, 3.8) is 0 Å². The third-order valence-electron chi connectivity index (χ3n) is 4.06. The zero-order valence-corrected chi connectivity index (χ0v) is 14.9. The van der Waals surface area contributed by atoms with Crippen LogP contribution in [0.3, 0.4) is 0 Å². The molecule has 0 fully saturated rings. The van der Waals surface area contributed by atoms with Crippen molar-refractivity contribution in [2.75, 3.05) is 39.3 Å². The number of amides is 2. The van der Waals surface area contributed by atoms with Crippen LogP contribution in [0.5, 0.6) is 0 Å². The fourth-order valence-corrected chi connectivity index (χ4v) is 2.55. The van der Waals surface area contributed by atoms with Gasteiger partial charge in [0.05, 0.1) is 13.2 Å². The molecule has 0 saturated heterocycles. The fraction of sp³-hybridized carbons (Fsp3) is 0.316. The molecule has 1 aromatic rings. The average Bonchev–Trinajstić information content (AvgIpc) is 2.59. The number of nitriles is 1. The van der Waals surface area contributed by atoms with Gasteiger partial charge in [-0.05, 0) is 36.3 Å². The average molecular weight is 339 g/mol. The molecule has 130 valence electrons. The largest absolute Gasteiger partial charge is 0.383 e. The first-order valence-electron chi connectivity index (χ1n) is 7.86. The van der Waals surface area contributed by atoms with Gasteiger partial charge in [0.2, 0.25) is 0 Å². The molecule has 0 aliphatic carbocycles. The number of carbonyl (C=O) groups excluding carboxylic acids is 2. The van der Waals surface area contributed by atoms with Gasteiger partial charge in [0.15, 0.2) is 0 Å². The summed E-state index contributed by atoms with van der Waals surface area (Å²) >= 11 is 0. The lowest BCUT2D eigenvalue weighted by atomic mass is 9.93. The number of rotatable bonds is 5. The molecule has 0 bridgehead atoms. The van der Waals surface area contributed by atoms with Gasteiger partial charge in [0.1, 0.15) is 11.6 Å². The van der Waals surface area contributed by atoms with Crippen molar-refractivity contribution in [1.29, 1.82) is 5.26 Å². The Morgan fingerprint density at radius 2 is 1.84 bits per heavy atom. The van der Waals surface area contributed by atoms with Crippen molar-refractivity contribution in [1.82, 2.24) is 4.90 Å². The first-order valence-corrected chi connectivity index (χ1v) is 7.86. The van der Waals surface area contributed by atoms with Gasteiger partial charge in [0, 0.05) is 32.5 Å². The van der Waals surface area contributed by atoms with E-state index in [-0.39, 0.29) is 18.7 Å². The Morgan fingerprint density at radius 3 is 2.36 bits per heavy atom. The predicted molar refractivity (Wildman–Crippen MR) is 95.7 cm³/mol. The number of hydrogen-bond donors (Lipinski definition) is 0. The lowest BCUT2D eigenvalue weighted by Crippen LogP contribution is -2.44. The van der Waals surface area contributed by atoms with Crippen LogP contribution in [-0.2, 0) is 14.3 Å². The minimum absolute atomic E-state index is 0.00753. The lowest BCUT2D eigenvalue weighted by Gasteiger charge is -2.27. The maximum atomic E-state index is 12.7. The van der Waals surface area contributed by atoms with E-state index in [1.807, 2.05) is 49.3 Å². The van der Waals surface area contributed by atoms with E-state index in [2.05, 4.69) is 0 Å². The normalized spacial score (nSPS) is 16.4. The van der Waals surface area contributed by atoms with E-state index >= 15 is 0 Å². The molecule has 0 spiro atoms. The topological polar surface area (TPSA) is 73.6 Å². The van der Waals surface area contributed by atoms with Crippen molar-refractivity contribution in [3.8, 4) is 6.07 Å². The number of methoxy groups -OCH3 is 1. The van der Waals surface area contributed by atoms with Crippen molar-refractivity contribution in [2.45, 2.75) is 6.92 Å². The van der Waals surface area contributed by atoms with Gasteiger partial charge < -0.3 is 9.64 Å². The number of anilines is 1. The summed E-state index contributed by atoms with van der Waals surface area (Å²) < 4.78 is 4.96. The van der Waals surface area contributed by atoms with Crippen LogP contribution in [0.25, 0.3) is 6.08 Å². The molecule has 2 amide bonds. The molecule has 0 radical (unpaired) electrons. The van der Waals surface area contributed by atoms with Gasteiger partial charge in [-0.3, -0.25) is 14.5 Å². The Labute approximate surface area is 147 Å². The van der Waals surface area contributed by atoms with Crippen molar-refractivity contribution < 1.29 is 14.3 Å². The molecule has 0 atom stereocenters. The highest BCUT2D eigenvalue weighted by atomic mass is 16.5. The minimum Gasteiger partial charge on any atom is -0.383 e. The van der Waals surface area contributed by atoms with Gasteiger partial charge in [-0.25, -0.2) is 0 Å². The highest BCUT2D eigenvalue weighted by molar-refractivity contribution is 6.19. The second-order valence-corrected chi connectivity index (χ2v) is 5.91. The summed E-state index contributed by atoms with van der Waals surface area (Å²) in [5.41, 5.74) is 2.62. The van der Waals surface area contributed by atoms with Gasteiger partial charge in [-0.1, -0.05) is 12.1 Å². The smallest absolute Gasteiger partial charge is 0.271 e. The van der Waals surface area contributed by atoms with Crippen molar-refractivity contribution in [2.24, 2.45) is 0 Å². The molecular formula is C19H21N3O3. The zero-order valence-electron chi connectivity index (χ0n) is 14.9. The van der Waals surface area contributed by atoms with Crippen LogP contribution in [-0.4, -0.2) is 51.1 Å². The van der Waals surface area contributed by atoms with Crippen LogP contribution in [0.15, 0.2) is 41.0 Å². The number of nitrogens with zero attached hydrogens (tertiary/aromatic N) is 3. The standard InChI is InChI=1S/C19H21N3O3/c1-13-16(11-14-5-7-15(8-6-14)21(2)3)18(23)22(9-10-25-4)19(24)17(13)12-20/h5-8,11H,9-10H2,1-4H3/b16-11+. The van der Waals surface area contributed by atoms with Gasteiger partial charge in [-0.15, -0.1) is 0 Å². The maximum Gasteiger partial charge on any atom is 0.271 e. The molecule has 25 heavy (non-hydrogen) atoms. The summed E-state index contributed by atoms with van der Waals surface area (Å²) in [5, 5.41) is 9.31. The Balaban J connectivity index is 2.46. The number of hydrogen-bond acceptors (Lipinski definition) is 5. The van der Waals surface area contributed by atoms with E-state index in [0.29, 0.717) is 11.1 Å². The number of benzene rings is 1. The molecule has 1 aromatic carbocycles. The highest BCUT2D eigenvalue weighted by Gasteiger charge is 2.35. The van der Waals surface area contributed by atoms with Gasteiger partial charge in [0.25, 0.3) is 11.8 Å². The summed E-state index contributed by atoms with van der Waals surface area (Å²) in [6.45, 7) is 1.96. The van der Waals surface area contributed by atoms with Crippen LogP contribution >= 0.6 is 0 Å². The molecule has 2 rings (SSSR count). The third kappa shape index (κ3) is 3.78. The van der Waals surface area contributed by atoms with E-state index in [1.165, 1.54) is 7.11 Å². The summed E-state index contributed by atoms with van der Waals surface area (Å²) in [6.07, 6.45) is 1.71. The molecule has 6 nitrogen and oxygen atoms in total. The van der Waals surface area contributed by atoms with E-state index in [9.17, 15) is 14.9 Å². The SMILES string of the molecule is COCCN1C(=O)C(C#N)=C(C)/C(=C\c2ccc(N(C)C)cc2)C1=O. The lowest BCUT2D eigenvalue weighted by molar-refractivity contribution is -0.141. The summed E-state index contributed by atoms with van der Waals surface area (Å²) in [5.74, 6) is -0.975. The van der Waals surface area contributed by atoms with Gasteiger partial charge >= 0.3 is 0 Å². The summed E-state index contributed by atoms with van der Waals surface area (Å²) in [4.78, 5) is 28.1. The molecule has 1 heterocycles. The molecule has 1 aliphatic heterocycles. The van der Waals surface area contributed by atoms with Gasteiger partial charge in [-0.2, -0.15) is 5.26 Å². The Bertz CT molecular complexity index is 783. The predicted octanol–water partition coefficient (Wildman–Crippen LogP) is 1.99. The van der Waals surface area contributed by atoms with Crippen LogP contribution < -0.4 is 4.90 Å². The van der Waals surface area contributed by atoms with E-state index in [4.69, 9.17) is 4.74 Å². The summed E-state index contributed by atoms with van der Waals surface area (Å²) in [7, 11) is 5.39. The maximum absolute atomic E-state index is 12.7. The highest BCUT2D eigenvalue weighted by Crippen LogP contribution is 2.27. The Hall–Kier alpha value is -2.91. The van der Waals surface area contributed by atoms with Crippen molar-refractivity contribution in [3.05, 3.63) is 46.5 Å². The van der Waals surface area contributed by atoms with Crippen molar-refractivity contribution >= 4 is 23.6 Å².